The number of ether oxygens (including phenoxy) is 3. The second kappa shape index (κ2) is 9.45. The van der Waals surface area contributed by atoms with Crippen LogP contribution in [0.3, 0.4) is 0 Å². The summed E-state index contributed by atoms with van der Waals surface area (Å²) in [7, 11) is 1.65. The van der Waals surface area contributed by atoms with Crippen molar-refractivity contribution >= 4 is 11.8 Å². The van der Waals surface area contributed by atoms with E-state index in [0.717, 1.165) is 30.9 Å². The molecule has 0 amide bonds. The number of para-hydroxylation sites is 1. The van der Waals surface area contributed by atoms with Gasteiger partial charge in [-0.3, -0.25) is 0 Å². The summed E-state index contributed by atoms with van der Waals surface area (Å²) in [6.45, 7) is 4.04. The molecule has 24 heavy (non-hydrogen) atoms. The number of anilines is 1. The van der Waals surface area contributed by atoms with E-state index in [1.165, 1.54) is 0 Å². The molecule has 0 atom stereocenters. The Morgan fingerprint density at radius 1 is 1.04 bits per heavy atom. The van der Waals surface area contributed by atoms with Crippen molar-refractivity contribution in [2.24, 2.45) is 0 Å². The molecule has 0 fully saturated rings. The summed E-state index contributed by atoms with van der Waals surface area (Å²) < 4.78 is 15.4. The fourth-order valence-corrected chi connectivity index (χ4v) is 2.30. The molecule has 2 aromatic rings. The molecular weight excluding hydrogens is 306 g/mol. The molecule has 0 saturated heterocycles. The van der Waals surface area contributed by atoms with E-state index in [-0.39, 0.29) is 0 Å². The first-order valence-electron chi connectivity index (χ1n) is 8.01. The quantitative estimate of drug-likeness (QED) is 0.414. The maximum absolute atomic E-state index is 11.6. The molecule has 5 nitrogen and oxygen atoms in total. The Kier molecular flexibility index (Phi) is 6.95. The Morgan fingerprint density at radius 2 is 1.79 bits per heavy atom. The van der Waals surface area contributed by atoms with E-state index in [9.17, 15) is 4.79 Å². The standard InChI is InChI=1S/C19H23NO4/c1-3-20(16-9-7-12-18(15-16)22-2)13-8-14-23-19(21)24-17-10-5-4-6-11-17/h4-7,9-12,15H,3,8,13-14H2,1-2H3. The third kappa shape index (κ3) is 5.50. The zero-order chi connectivity index (χ0) is 17.2. The predicted octanol–water partition coefficient (Wildman–Crippen LogP) is 4.13. The lowest BCUT2D eigenvalue weighted by molar-refractivity contribution is 0.0984. The van der Waals surface area contributed by atoms with Gasteiger partial charge in [-0.15, -0.1) is 0 Å². The van der Waals surface area contributed by atoms with E-state index < -0.39 is 6.16 Å². The average Bonchev–Trinajstić information content (AvgIpc) is 2.62. The summed E-state index contributed by atoms with van der Waals surface area (Å²) in [4.78, 5) is 13.8. The first kappa shape index (κ1) is 17.7. The SMILES string of the molecule is CCN(CCCOC(=O)Oc1ccccc1)c1cccc(OC)c1. The molecular formula is C19H23NO4. The van der Waals surface area contributed by atoms with Crippen LogP contribution in [0.1, 0.15) is 13.3 Å². The van der Waals surface area contributed by atoms with Crippen molar-refractivity contribution < 1.29 is 19.0 Å². The molecule has 2 rings (SSSR count). The lowest BCUT2D eigenvalue weighted by Gasteiger charge is -2.23. The van der Waals surface area contributed by atoms with Gasteiger partial charge < -0.3 is 19.1 Å². The highest BCUT2D eigenvalue weighted by atomic mass is 16.7. The van der Waals surface area contributed by atoms with Crippen LogP contribution in [0.2, 0.25) is 0 Å². The highest BCUT2D eigenvalue weighted by Crippen LogP contribution is 2.21. The average molecular weight is 329 g/mol. The van der Waals surface area contributed by atoms with Gasteiger partial charge in [-0.05, 0) is 37.6 Å². The zero-order valence-corrected chi connectivity index (χ0v) is 14.1. The molecule has 2 aromatic carbocycles. The van der Waals surface area contributed by atoms with Crippen LogP contribution >= 0.6 is 0 Å². The summed E-state index contributed by atoms with van der Waals surface area (Å²) in [5.41, 5.74) is 1.09. The fourth-order valence-electron chi connectivity index (χ4n) is 2.30. The zero-order valence-electron chi connectivity index (χ0n) is 14.1. The van der Waals surface area contributed by atoms with Gasteiger partial charge in [0.15, 0.2) is 0 Å². The van der Waals surface area contributed by atoms with Crippen LogP contribution in [0.4, 0.5) is 10.5 Å². The Balaban J connectivity index is 1.74. The molecule has 0 aliphatic carbocycles. The number of methoxy groups -OCH3 is 1. The minimum absolute atomic E-state index is 0.312. The van der Waals surface area contributed by atoms with Crippen molar-refractivity contribution in [3.05, 3.63) is 54.6 Å². The number of carbonyl (C=O) groups excluding carboxylic acids is 1. The summed E-state index contributed by atoms with van der Waals surface area (Å²) in [5, 5.41) is 0. The van der Waals surface area contributed by atoms with Crippen LogP contribution in [0.25, 0.3) is 0 Å². The third-order valence-corrected chi connectivity index (χ3v) is 3.54. The minimum atomic E-state index is -0.675. The van der Waals surface area contributed by atoms with Crippen LogP contribution < -0.4 is 14.4 Å². The normalized spacial score (nSPS) is 10.1. The van der Waals surface area contributed by atoms with Crippen molar-refractivity contribution in [1.82, 2.24) is 0 Å². The molecule has 0 spiro atoms. The number of hydrogen-bond donors (Lipinski definition) is 0. The summed E-state index contributed by atoms with van der Waals surface area (Å²) in [5.74, 6) is 1.31. The smallest absolute Gasteiger partial charge is 0.497 e. The molecule has 0 unspecified atom stereocenters. The largest absolute Gasteiger partial charge is 0.513 e. The van der Waals surface area contributed by atoms with E-state index in [1.807, 2.05) is 30.3 Å². The maximum atomic E-state index is 11.6. The van der Waals surface area contributed by atoms with Gasteiger partial charge in [0.25, 0.3) is 0 Å². The maximum Gasteiger partial charge on any atom is 0.513 e. The number of hydrogen-bond acceptors (Lipinski definition) is 5. The Bertz CT molecular complexity index is 630. The highest BCUT2D eigenvalue weighted by molar-refractivity contribution is 5.63. The second-order valence-electron chi connectivity index (χ2n) is 5.15. The van der Waals surface area contributed by atoms with Crippen LogP contribution in [0.5, 0.6) is 11.5 Å². The molecule has 0 bridgehead atoms. The van der Waals surface area contributed by atoms with Gasteiger partial charge >= 0.3 is 6.16 Å². The van der Waals surface area contributed by atoms with E-state index in [0.29, 0.717) is 12.4 Å². The van der Waals surface area contributed by atoms with Crippen molar-refractivity contribution in [1.29, 1.82) is 0 Å². The number of benzene rings is 2. The van der Waals surface area contributed by atoms with Crippen molar-refractivity contribution in [2.45, 2.75) is 13.3 Å². The van der Waals surface area contributed by atoms with Gasteiger partial charge in [0.2, 0.25) is 0 Å². The summed E-state index contributed by atoms with van der Waals surface area (Å²) in [6, 6.07) is 16.8. The van der Waals surface area contributed by atoms with Crippen molar-refractivity contribution in [3.63, 3.8) is 0 Å². The van der Waals surface area contributed by atoms with Gasteiger partial charge in [0.1, 0.15) is 11.5 Å². The fraction of sp³-hybridized carbons (Fsp3) is 0.316. The van der Waals surface area contributed by atoms with Gasteiger partial charge in [0, 0.05) is 24.8 Å². The predicted molar refractivity (Wildman–Crippen MR) is 93.9 cm³/mol. The molecule has 0 saturated carbocycles. The molecule has 0 aliphatic rings. The van der Waals surface area contributed by atoms with E-state index in [1.54, 1.807) is 31.4 Å². The van der Waals surface area contributed by atoms with Crippen LogP contribution in [-0.4, -0.2) is 33.0 Å². The van der Waals surface area contributed by atoms with E-state index in [4.69, 9.17) is 14.2 Å². The number of carbonyl (C=O) groups is 1. The van der Waals surface area contributed by atoms with E-state index >= 15 is 0 Å². The summed E-state index contributed by atoms with van der Waals surface area (Å²) in [6.07, 6.45) is 0.0419. The number of rotatable bonds is 8. The molecule has 0 N–H and O–H groups in total. The minimum Gasteiger partial charge on any atom is -0.497 e. The molecule has 5 heteroatoms. The second-order valence-corrected chi connectivity index (χ2v) is 5.15. The molecule has 0 heterocycles. The topological polar surface area (TPSA) is 48.0 Å². The van der Waals surface area contributed by atoms with Crippen LogP contribution in [0, 0.1) is 0 Å². The van der Waals surface area contributed by atoms with Crippen molar-refractivity contribution in [2.75, 3.05) is 31.7 Å². The lowest BCUT2D eigenvalue weighted by atomic mass is 10.2. The highest BCUT2D eigenvalue weighted by Gasteiger charge is 2.08. The first-order valence-corrected chi connectivity index (χ1v) is 8.01. The monoisotopic (exact) mass is 329 g/mol. The lowest BCUT2D eigenvalue weighted by Crippen LogP contribution is -2.25. The van der Waals surface area contributed by atoms with Gasteiger partial charge in [-0.2, -0.15) is 0 Å². The molecule has 0 aromatic heterocycles. The van der Waals surface area contributed by atoms with Gasteiger partial charge in [-0.1, -0.05) is 24.3 Å². The molecule has 128 valence electrons. The Hall–Kier alpha value is -2.69. The van der Waals surface area contributed by atoms with E-state index in [2.05, 4.69) is 11.8 Å². The van der Waals surface area contributed by atoms with Gasteiger partial charge in [-0.25, -0.2) is 4.79 Å². The molecule has 0 aliphatic heterocycles. The van der Waals surface area contributed by atoms with Crippen molar-refractivity contribution in [3.8, 4) is 11.5 Å². The molecule has 0 radical (unpaired) electrons. The first-order chi connectivity index (χ1) is 11.7. The van der Waals surface area contributed by atoms with Crippen LogP contribution in [-0.2, 0) is 4.74 Å². The Morgan fingerprint density at radius 3 is 2.50 bits per heavy atom. The van der Waals surface area contributed by atoms with Gasteiger partial charge in [0.05, 0.1) is 13.7 Å². The third-order valence-electron chi connectivity index (χ3n) is 3.54. The Labute approximate surface area is 142 Å². The number of nitrogens with zero attached hydrogens (tertiary/aromatic N) is 1. The van der Waals surface area contributed by atoms with Crippen LogP contribution in [0.15, 0.2) is 54.6 Å². The summed E-state index contributed by atoms with van der Waals surface area (Å²) >= 11 is 0.